The number of amides is 1. The first-order valence-corrected chi connectivity index (χ1v) is 14.9. The number of sulfonamides is 1. The Hall–Kier alpha value is -4.95. The molecule has 0 N–H and O–H groups in total. The van der Waals surface area contributed by atoms with Crippen LogP contribution in [0.25, 0.3) is 10.2 Å². The second-order valence-electron chi connectivity index (χ2n) is 9.24. The minimum atomic E-state index is -3.90. The zero-order chi connectivity index (χ0) is 29.4. The molecule has 3 heterocycles. The number of nitro groups is 1. The standard InChI is InChI=1S/C28H20FN5O6S2/c29-20-9-13-23-25(16-20)41-28(31-23)33(30-17-21-10-14-26(40-21)34(36)37)27(35)19-7-11-22(12-8-19)42(38,39)32-15-3-5-18-4-1-2-6-24(18)32/h1-2,4,6-14,16-17H,3,5,15H2/b30-17+. The van der Waals surface area contributed by atoms with E-state index in [2.05, 4.69) is 10.1 Å². The molecule has 0 radical (unpaired) electrons. The molecule has 42 heavy (non-hydrogen) atoms. The highest BCUT2D eigenvalue weighted by molar-refractivity contribution is 7.92. The highest BCUT2D eigenvalue weighted by Crippen LogP contribution is 2.33. The van der Waals surface area contributed by atoms with Crippen LogP contribution in [0.5, 0.6) is 0 Å². The van der Waals surface area contributed by atoms with Crippen LogP contribution >= 0.6 is 11.3 Å². The molecule has 212 valence electrons. The van der Waals surface area contributed by atoms with E-state index in [-0.39, 0.29) is 21.4 Å². The number of benzene rings is 3. The summed E-state index contributed by atoms with van der Waals surface area (Å²) in [6.45, 7) is 0.339. The lowest BCUT2D eigenvalue weighted by atomic mass is 10.0. The summed E-state index contributed by atoms with van der Waals surface area (Å²) in [4.78, 5) is 28.3. The average Bonchev–Trinajstić information content (AvgIpc) is 3.64. The second-order valence-corrected chi connectivity index (χ2v) is 12.1. The summed E-state index contributed by atoms with van der Waals surface area (Å²) in [5.41, 5.74) is 2.11. The molecule has 0 saturated carbocycles. The van der Waals surface area contributed by atoms with Crippen molar-refractivity contribution in [2.75, 3.05) is 15.9 Å². The topological polar surface area (TPSA) is 139 Å². The van der Waals surface area contributed by atoms with Gasteiger partial charge in [0.2, 0.25) is 5.13 Å². The number of furan rings is 1. The Balaban J connectivity index is 1.33. The van der Waals surface area contributed by atoms with Crippen molar-refractivity contribution in [2.24, 2.45) is 5.10 Å². The van der Waals surface area contributed by atoms with E-state index in [1.165, 1.54) is 52.8 Å². The van der Waals surface area contributed by atoms with Crippen LogP contribution in [0.15, 0.2) is 93.3 Å². The normalized spacial score (nSPS) is 13.4. The van der Waals surface area contributed by atoms with Gasteiger partial charge in [-0.05, 0) is 73.0 Å². The van der Waals surface area contributed by atoms with Gasteiger partial charge in [0.05, 0.1) is 33.1 Å². The van der Waals surface area contributed by atoms with E-state index in [4.69, 9.17) is 4.42 Å². The fourth-order valence-electron chi connectivity index (χ4n) is 4.56. The van der Waals surface area contributed by atoms with Gasteiger partial charge in [-0.3, -0.25) is 19.2 Å². The second kappa shape index (κ2) is 10.8. The molecule has 0 aliphatic carbocycles. The van der Waals surface area contributed by atoms with Crippen molar-refractivity contribution in [2.45, 2.75) is 17.7 Å². The van der Waals surface area contributed by atoms with E-state index < -0.39 is 32.6 Å². The molecule has 1 amide bonds. The molecule has 1 aliphatic rings. The van der Waals surface area contributed by atoms with Crippen LogP contribution in [0.2, 0.25) is 0 Å². The monoisotopic (exact) mass is 605 g/mol. The Morgan fingerprint density at radius 2 is 1.90 bits per heavy atom. The lowest BCUT2D eigenvalue weighted by Gasteiger charge is -2.30. The number of thiazole rings is 1. The average molecular weight is 606 g/mol. The van der Waals surface area contributed by atoms with Crippen molar-refractivity contribution in [3.8, 4) is 0 Å². The van der Waals surface area contributed by atoms with Gasteiger partial charge in [0.25, 0.3) is 15.9 Å². The molecule has 2 aromatic heterocycles. The maximum absolute atomic E-state index is 13.8. The molecule has 1 aliphatic heterocycles. The minimum Gasteiger partial charge on any atom is -0.400 e. The minimum absolute atomic E-state index is 0.00918. The van der Waals surface area contributed by atoms with E-state index in [0.717, 1.165) is 40.6 Å². The quantitative estimate of drug-likeness (QED) is 0.131. The molecular weight excluding hydrogens is 585 g/mol. The van der Waals surface area contributed by atoms with Crippen LogP contribution in [-0.2, 0) is 16.4 Å². The zero-order valence-corrected chi connectivity index (χ0v) is 23.2. The van der Waals surface area contributed by atoms with Crippen molar-refractivity contribution in [1.82, 2.24) is 4.98 Å². The Morgan fingerprint density at radius 1 is 1.12 bits per heavy atom. The Morgan fingerprint density at radius 3 is 2.67 bits per heavy atom. The number of aryl methyl sites for hydroxylation is 1. The van der Waals surface area contributed by atoms with Crippen molar-refractivity contribution in [1.29, 1.82) is 0 Å². The zero-order valence-electron chi connectivity index (χ0n) is 21.6. The number of aromatic nitrogens is 1. The largest absolute Gasteiger partial charge is 0.433 e. The van der Waals surface area contributed by atoms with Gasteiger partial charge in [0, 0.05) is 12.1 Å². The Labute approximate surface area is 242 Å². The number of hydrogen-bond acceptors (Lipinski definition) is 9. The van der Waals surface area contributed by atoms with Crippen molar-refractivity contribution >= 4 is 60.4 Å². The van der Waals surface area contributed by atoms with Crippen LogP contribution in [0.1, 0.15) is 28.1 Å². The molecule has 6 rings (SSSR count). The molecule has 3 aromatic carbocycles. The van der Waals surface area contributed by atoms with E-state index in [1.807, 2.05) is 12.1 Å². The summed E-state index contributed by atoms with van der Waals surface area (Å²) >= 11 is 1.01. The van der Waals surface area contributed by atoms with Gasteiger partial charge < -0.3 is 4.42 Å². The van der Waals surface area contributed by atoms with Crippen molar-refractivity contribution in [3.63, 3.8) is 0 Å². The smallest absolute Gasteiger partial charge is 0.400 e. The first-order chi connectivity index (χ1) is 20.2. The Bertz CT molecular complexity index is 1970. The third-order valence-corrected chi connectivity index (χ3v) is 9.38. The SMILES string of the molecule is O=C(c1ccc(S(=O)(=O)N2CCCc3ccccc32)cc1)N(/N=C/c1ccc([N+](=O)[O-])o1)c1nc2ccc(F)cc2s1. The summed E-state index contributed by atoms with van der Waals surface area (Å²) < 4.78 is 47.8. The van der Waals surface area contributed by atoms with Crippen LogP contribution in [0.4, 0.5) is 21.1 Å². The predicted octanol–water partition coefficient (Wildman–Crippen LogP) is 5.76. The number of nitrogens with zero attached hydrogens (tertiary/aromatic N) is 5. The van der Waals surface area contributed by atoms with E-state index in [9.17, 15) is 27.7 Å². The van der Waals surface area contributed by atoms with Crippen LogP contribution in [-0.4, -0.2) is 37.0 Å². The maximum Gasteiger partial charge on any atom is 0.433 e. The molecule has 0 atom stereocenters. The number of rotatable bonds is 7. The summed E-state index contributed by atoms with van der Waals surface area (Å²) in [6.07, 6.45) is 2.59. The highest BCUT2D eigenvalue weighted by atomic mass is 32.2. The number of halogens is 1. The number of hydrogen-bond donors (Lipinski definition) is 0. The number of hydrazone groups is 1. The number of para-hydroxylation sites is 1. The van der Waals surface area contributed by atoms with Crippen LogP contribution < -0.4 is 9.31 Å². The summed E-state index contributed by atoms with van der Waals surface area (Å²) in [6, 6.07) is 19.2. The third-order valence-electron chi connectivity index (χ3n) is 6.56. The number of anilines is 2. The van der Waals surface area contributed by atoms with Crippen LogP contribution in [0.3, 0.4) is 0 Å². The lowest BCUT2D eigenvalue weighted by Crippen LogP contribution is -2.35. The third kappa shape index (κ3) is 5.12. The summed E-state index contributed by atoms with van der Waals surface area (Å²) in [7, 11) is -3.90. The van der Waals surface area contributed by atoms with Gasteiger partial charge in [-0.2, -0.15) is 10.1 Å². The molecule has 0 unspecified atom stereocenters. The number of carbonyl (C=O) groups is 1. The van der Waals surface area contributed by atoms with E-state index >= 15 is 0 Å². The molecule has 0 fully saturated rings. The van der Waals surface area contributed by atoms with Gasteiger partial charge in [-0.1, -0.05) is 29.5 Å². The van der Waals surface area contributed by atoms with E-state index in [1.54, 1.807) is 12.1 Å². The lowest BCUT2D eigenvalue weighted by molar-refractivity contribution is -0.402. The number of fused-ring (bicyclic) bond motifs is 2. The molecular formula is C28H20FN5O6S2. The molecule has 0 saturated heterocycles. The fourth-order valence-corrected chi connectivity index (χ4v) is 7.05. The fraction of sp³-hybridized carbons (Fsp3) is 0.107. The van der Waals surface area contributed by atoms with Crippen molar-refractivity contribution in [3.05, 3.63) is 112 Å². The molecule has 0 bridgehead atoms. The van der Waals surface area contributed by atoms with Gasteiger partial charge in [0.1, 0.15) is 10.7 Å². The molecule has 5 aromatic rings. The van der Waals surface area contributed by atoms with Gasteiger partial charge in [0.15, 0.2) is 5.76 Å². The van der Waals surface area contributed by atoms with Gasteiger partial charge in [-0.25, -0.2) is 17.8 Å². The molecule has 14 heteroatoms. The predicted molar refractivity (Wildman–Crippen MR) is 155 cm³/mol. The number of carbonyl (C=O) groups excluding carboxylic acids is 1. The van der Waals surface area contributed by atoms with E-state index in [0.29, 0.717) is 28.9 Å². The summed E-state index contributed by atoms with van der Waals surface area (Å²) in [5.74, 6) is -1.64. The van der Waals surface area contributed by atoms with Crippen molar-refractivity contribution < 1.29 is 26.9 Å². The van der Waals surface area contributed by atoms with Gasteiger partial charge in [-0.15, -0.1) is 0 Å². The molecule has 11 nitrogen and oxygen atoms in total. The highest BCUT2D eigenvalue weighted by Gasteiger charge is 2.29. The first-order valence-electron chi connectivity index (χ1n) is 12.6. The van der Waals surface area contributed by atoms with Crippen LogP contribution in [0, 0.1) is 15.9 Å². The molecule has 0 spiro atoms. The first kappa shape index (κ1) is 27.2. The Kier molecular flexibility index (Phi) is 7.00. The summed E-state index contributed by atoms with van der Waals surface area (Å²) in [5, 5.41) is 16.2. The maximum atomic E-state index is 13.8. The van der Waals surface area contributed by atoms with Gasteiger partial charge >= 0.3 is 5.88 Å².